The maximum atomic E-state index is 12.2. The van der Waals surface area contributed by atoms with Gasteiger partial charge in [0.15, 0.2) is 0 Å². The van der Waals surface area contributed by atoms with E-state index < -0.39 is 21.7 Å². The Bertz CT molecular complexity index is 631. The summed E-state index contributed by atoms with van der Waals surface area (Å²) in [6.45, 7) is 6.71. The predicted molar refractivity (Wildman–Crippen MR) is 81.3 cm³/mol. The molecule has 0 radical (unpaired) electrons. The second kappa shape index (κ2) is 5.93. The lowest BCUT2D eigenvalue weighted by atomic mass is 10.2. The summed E-state index contributed by atoms with van der Waals surface area (Å²) in [5.74, 6) is 0.578. The SMILES string of the molecule is COc1ccc(N(C(=O)OC(C)(C)C)S(C)(=O)=O)c(C)c1. The zero-order chi connectivity index (χ0) is 16.4. The van der Waals surface area contributed by atoms with Gasteiger partial charge in [-0.1, -0.05) is 0 Å². The standard InChI is InChI=1S/C14H21NO5S/c1-10-9-11(19-5)7-8-12(10)15(21(6,17)18)13(16)20-14(2,3)4/h7-9H,1-6H3. The average Bonchev–Trinajstić information content (AvgIpc) is 2.27. The van der Waals surface area contributed by atoms with E-state index in [1.807, 2.05) is 0 Å². The summed E-state index contributed by atoms with van der Waals surface area (Å²) in [6, 6.07) is 4.75. The number of benzene rings is 1. The molecule has 0 N–H and O–H groups in total. The first-order valence-electron chi connectivity index (χ1n) is 6.33. The Morgan fingerprint density at radius 3 is 2.19 bits per heavy atom. The molecule has 7 heteroatoms. The minimum Gasteiger partial charge on any atom is -0.497 e. The minimum absolute atomic E-state index is 0.243. The number of hydrogen-bond acceptors (Lipinski definition) is 5. The molecular weight excluding hydrogens is 294 g/mol. The van der Waals surface area contributed by atoms with Crippen molar-refractivity contribution >= 4 is 21.8 Å². The molecule has 1 amide bonds. The van der Waals surface area contributed by atoms with E-state index in [0.717, 1.165) is 6.26 Å². The lowest BCUT2D eigenvalue weighted by Crippen LogP contribution is -2.40. The number of ether oxygens (including phenoxy) is 2. The van der Waals surface area contributed by atoms with Crippen LogP contribution in [0.15, 0.2) is 18.2 Å². The highest BCUT2D eigenvalue weighted by atomic mass is 32.2. The monoisotopic (exact) mass is 315 g/mol. The normalized spacial score (nSPS) is 11.9. The molecule has 21 heavy (non-hydrogen) atoms. The number of rotatable bonds is 3. The molecule has 0 bridgehead atoms. The van der Waals surface area contributed by atoms with E-state index in [1.54, 1.807) is 39.8 Å². The van der Waals surface area contributed by atoms with E-state index in [1.165, 1.54) is 13.2 Å². The van der Waals surface area contributed by atoms with Crippen molar-refractivity contribution in [3.05, 3.63) is 23.8 Å². The van der Waals surface area contributed by atoms with Crippen LogP contribution < -0.4 is 9.04 Å². The number of carbonyl (C=O) groups is 1. The fourth-order valence-electron chi connectivity index (χ4n) is 1.70. The first-order valence-corrected chi connectivity index (χ1v) is 8.18. The third-order valence-electron chi connectivity index (χ3n) is 2.51. The summed E-state index contributed by atoms with van der Waals surface area (Å²) in [5.41, 5.74) is 0.0404. The van der Waals surface area contributed by atoms with Crippen LogP contribution in [0.4, 0.5) is 10.5 Å². The van der Waals surface area contributed by atoms with Crippen molar-refractivity contribution in [2.75, 3.05) is 17.7 Å². The second-order valence-corrected chi connectivity index (χ2v) is 7.49. The molecule has 0 aromatic heterocycles. The van der Waals surface area contributed by atoms with Crippen LogP contribution in [0.3, 0.4) is 0 Å². The summed E-state index contributed by atoms with van der Waals surface area (Å²) in [7, 11) is -2.30. The van der Waals surface area contributed by atoms with Crippen LogP contribution >= 0.6 is 0 Å². The lowest BCUT2D eigenvalue weighted by molar-refractivity contribution is 0.0609. The molecule has 1 aromatic rings. The number of carbonyl (C=O) groups excluding carboxylic acids is 1. The predicted octanol–water partition coefficient (Wildman–Crippen LogP) is 2.70. The number of aryl methyl sites for hydroxylation is 1. The Balaban J connectivity index is 3.31. The zero-order valence-electron chi connectivity index (χ0n) is 13.1. The van der Waals surface area contributed by atoms with Crippen molar-refractivity contribution in [3.63, 3.8) is 0 Å². The van der Waals surface area contributed by atoms with Crippen molar-refractivity contribution in [2.24, 2.45) is 0 Å². The van der Waals surface area contributed by atoms with Crippen LogP contribution in [-0.4, -0.2) is 33.5 Å². The quantitative estimate of drug-likeness (QED) is 0.857. The maximum Gasteiger partial charge on any atom is 0.428 e. The summed E-state index contributed by atoms with van der Waals surface area (Å²) >= 11 is 0. The second-order valence-electron chi connectivity index (χ2n) is 5.66. The summed E-state index contributed by atoms with van der Waals surface area (Å²) in [5, 5.41) is 0. The average molecular weight is 315 g/mol. The van der Waals surface area contributed by atoms with E-state index in [0.29, 0.717) is 15.6 Å². The number of nitrogens with zero attached hydrogens (tertiary/aromatic N) is 1. The van der Waals surface area contributed by atoms with E-state index in [-0.39, 0.29) is 5.69 Å². The van der Waals surface area contributed by atoms with Gasteiger partial charge in [0.2, 0.25) is 10.0 Å². The van der Waals surface area contributed by atoms with Crippen molar-refractivity contribution in [2.45, 2.75) is 33.3 Å². The van der Waals surface area contributed by atoms with Gasteiger partial charge in [0.05, 0.1) is 19.1 Å². The van der Waals surface area contributed by atoms with E-state index in [9.17, 15) is 13.2 Å². The third-order valence-corrected chi connectivity index (χ3v) is 3.52. The first-order chi connectivity index (χ1) is 9.45. The Hall–Kier alpha value is -1.76. The van der Waals surface area contributed by atoms with Gasteiger partial charge in [-0.25, -0.2) is 13.2 Å². The van der Waals surface area contributed by atoms with Gasteiger partial charge in [0, 0.05) is 0 Å². The Morgan fingerprint density at radius 1 is 1.24 bits per heavy atom. The molecular formula is C14H21NO5S. The molecule has 0 aliphatic heterocycles. The number of sulfonamides is 1. The smallest absolute Gasteiger partial charge is 0.428 e. The van der Waals surface area contributed by atoms with Gasteiger partial charge in [-0.3, -0.25) is 0 Å². The Kier molecular flexibility index (Phi) is 4.88. The molecule has 0 spiro atoms. The van der Waals surface area contributed by atoms with Gasteiger partial charge < -0.3 is 9.47 Å². The topological polar surface area (TPSA) is 72.9 Å². The van der Waals surface area contributed by atoms with Crippen LogP contribution in [-0.2, 0) is 14.8 Å². The molecule has 0 fully saturated rings. The van der Waals surface area contributed by atoms with Crippen LogP contribution in [0, 0.1) is 6.92 Å². The van der Waals surface area contributed by atoms with Crippen molar-refractivity contribution in [3.8, 4) is 5.75 Å². The molecule has 0 heterocycles. The number of amides is 1. The van der Waals surface area contributed by atoms with E-state index >= 15 is 0 Å². The molecule has 0 atom stereocenters. The zero-order valence-corrected chi connectivity index (χ0v) is 13.9. The third kappa shape index (κ3) is 4.63. The van der Waals surface area contributed by atoms with Gasteiger partial charge in [0.25, 0.3) is 0 Å². The summed E-state index contributed by atoms with van der Waals surface area (Å²) in [4.78, 5) is 12.2. The van der Waals surface area contributed by atoms with Gasteiger partial charge >= 0.3 is 6.09 Å². The Morgan fingerprint density at radius 2 is 1.81 bits per heavy atom. The number of hydrogen-bond donors (Lipinski definition) is 0. The molecule has 0 aliphatic carbocycles. The fourth-order valence-corrected chi connectivity index (χ4v) is 2.57. The first kappa shape index (κ1) is 17.3. The van der Waals surface area contributed by atoms with Gasteiger partial charge in [-0.2, -0.15) is 4.31 Å². The molecule has 1 aromatic carbocycles. The van der Waals surface area contributed by atoms with Crippen molar-refractivity contribution in [1.82, 2.24) is 0 Å². The van der Waals surface area contributed by atoms with E-state index in [4.69, 9.17) is 9.47 Å². The van der Waals surface area contributed by atoms with Crippen molar-refractivity contribution < 1.29 is 22.7 Å². The lowest BCUT2D eigenvalue weighted by Gasteiger charge is -2.26. The highest BCUT2D eigenvalue weighted by Gasteiger charge is 2.31. The van der Waals surface area contributed by atoms with Crippen LogP contribution in [0.5, 0.6) is 5.75 Å². The van der Waals surface area contributed by atoms with Crippen LogP contribution in [0.1, 0.15) is 26.3 Å². The summed E-state index contributed by atoms with van der Waals surface area (Å²) in [6.07, 6.45) is 0.0268. The number of methoxy groups -OCH3 is 1. The van der Waals surface area contributed by atoms with E-state index in [2.05, 4.69) is 0 Å². The highest BCUT2D eigenvalue weighted by Crippen LogP contribution is 2.28. The van der Waals surface area contributed by atoms with Crippen molar-refractivity contribution in [1.29, 1.82) is 0 Å². The molecule has 6 nitrogen and oxygen atoms in total. The molecule has 118 valence electrons. The minimum atomic E-state index is -3.81. The molecule has 1 rings (SSSR count). The molecule has 0 saturated heterocycles. The fraction of sp³-hybridized carbons (Fsp3) is 0.500. The molecule has 0 saturated carbocycles. The maximum absolute atomic E-state index is 12.2. The number of anilines is 1. The Labute approximate surface area is 125 Å². The van der Waals surface area contributed by atoms with Gasteiger partial charge in [-0.05, 0) is 51.5 Å². The van der Waals surface area contributed by atoms with Gasteiger partial charge in [-0.15, -0.1) is 0 Å². The summed E-state index contributed by atoms with van der Waals surface area (Å²) < 4.78 is 34.8. The van der Waals surface area contributed by atoms with Crippen LogP contribution in [0.25, 0.3) is 0 Å². The highest BCUT2D eigenvalue weighted by molar-refractivity contribution is 7.92. The van der Waals surface area contributed by atoms with Gasteiger partial charge in [0.1, 0.15) is 11.4 Å². The molecule has 0 aliphatic rings. The molecule has 0 unspecified atom stereocenters. The largest absolute Gasteiger partial charge is 0.497 e. The van der Waals surface area contributed by atoms with Crippen LogP contribution in [0.2, 0.25) is 0 Å².